The summed E-state index contributed by atoms with van der Waals surface area (Å²) in [4.78, 5) is 9.69. The second kappa shape index (κ2) is 5.66. The van der Waals surface area contributed by atoms with Crippen molar-refractivity contribution in [3.05, 3.63) is 33.9 Å². The fourth-order valence-corrected chi connectivity index (χ4v) is 1.93. The van der Waals surface area contributed by atoms with Gasteiger partial charge in [0.25, 0.3) is 5.69 Å². The molecule has 0 aromatic heterocycles. The van der Waals surface area contributed by atoms with Gasteiger partial charge in [0.1, 0.15) is 17.4 Å². The number of hydrogen-bond acceptors (Lipinski definition) is 4. The lowest BCUT2D eigenvalue weighted by atomic mass is 10.1. The van der Waals surface area contributed by atoms with Gasteiger partial charge in [0.2, 0.25) is 0 Å². The van der Waals surface area contributed by atoms with Gasteiger partial charge >= 0.3 is 6.18 Å². The standard InChI is InChI=1S/C12H12F3NO4/c13-12(14,15)10-7-8(16(17)18)1-2-11(10)20-9-3-5-19-6-4-9/h1-2,7,9H,3-6H2. The van der Waals surface area contributed by atoms with Crippen LogP contribution in [-0.4, -0.2) is 24.2 Å². The van der Waals surface area contributed by atoms with Crippen LogP contribution in [0.25, 0.3) is 0 Å². The van der Waals surface area contributed by atoms with E-state index in [0.717, 1.165) is 12.1 Å². The summed E-state index contributed by atoms with van der Waals surface area (Å²) >= 11 is 0. The summed E-state index contributed by atoms with van der Waals surface area (Å²) in [6.07, 6.45) is -4.08. The topological polar surface area (TPSA) is 61.6 Å². The Labute approximate surface area is 112 Å². The molecule has 0 spiro atoms. The monoisotopic (exact) mass is 291 g/mol. The molecule has 1 aliphatic rings. The van der Waals surface area contributed by atoms with E-state index in [9.17, 15) is 23.3 Å². The van der Waals surface area contributed by atoms with Crippen molar-refractivity contribution in [1.82, 2.24) is 0 Å². The number of non-ortho nitro benzene ring substituents is 1. The average molecular weight is 291 g/mol. The van der Waals surface area contributed by atoms with Crippen molar-refractivity contribution >= 4 is 5.69 Å². The van der Waals surface area contributed by atoms with Gasteiger partial charge in [-0.05, 0) is 6.07 Å². The first-order valence-electron chi connectivity index (χ1n) is 5.98. The van der Waals surface area contributed by atoms with Crippen LogP contribution in [0.15, 0.2) is 18.2 Å². The molecule has 1 aromatic carbocycles. The highest BCUT2D eigenvalue weighted by atomic mass is 19.4. The molecule has 110 valence electrons. The van der Waals surface area contributed by atoms with Crippen LogP contribution < -0.4 is 4.74 Å². The van der Waals surface area contributed by atoms with Crippen LogP contribution in [0.4, 0.5) is 18.9 Å². The van der Waals surface area contributed by atoms with Gasteiger partial charge in [-0.3, -0.25) is 10.1 Å². The maximum atomic E-state index is 12.9. The van der Waals surface area contributed by atoms with E-state index in [1.54, 1.807) is 0 Å². The highest BCUT2D eigenvalue weighted by molar-refractivity contribution is 5.45. The molecule has 0 aliphatic carbocycles. The highest BCUT2D eigenvalue weighted by Gasteiger charge is 2.36. The predicted octanol–water partition coefficient (Wildman–Crippen LogP) is 3.17. The first-order valence-corrected chi connectivity index (χ1v) is 5.98. The number of nitro groups is 1. The molecule has 1 heterocycles. The summed E-state index contributed by atoms with van der Waals surface area (Å²) in [7, 11) is 0. The second-order valence-corrected chi connectivity index (χ2v) is 4.36. The van der Waals surface area contributed by atoms with Crippen molar-refractivity contribution in [3.8, 4) is 5.75 Å². The Kier molecular flexibility index (Phi) is 4.12. The SMILES string of the molecule is O=[N+]([O-])c1ccc(OC2CCOCC2)c(C(F)(F)F)c1. The van der Waals surface area contributed by atoms with Crippen LogP contribution in [-0.2, 0) is 10.9 Å². The number of nitro benzene ring substituents is 1. The van der Waals surface area contributed by atoms with E-state index in [2.05, 4.69) is 0 Å². The van der Waals surface area contributed by atoms with Crippen molar-refractivity contribution in [2.75, 3.05) is 13.2 Å². The van der Waals surface area contributed by atoms with Crippen LogP contribution >= 0.6 is 0 Å². The lowest BCUT2D eigenvalue weighted by molar-refractivity contribution is -0.385. The lowest BCUT2D eigenvalue weighted by Crippen LogP contribution is -2.26. The Balaban J connectivity index is 2.28. The molecule has 0 N–H and O–H groups in total. The fourth-order valence-electron chi connectivity index (χ4n) is 1.93. The molecule has 0 unspecified atom stereocenters. The van der Waals surface area contributed by atoms with Crippen molar-refractivity contribution in [3.63, 3.8) is 0 Å². The van der Waals surface area contributed by atoms with Gasteiger partial charge < -0.3 is 9.47 Å². The molecular formula is C12H12F3NO4. The Bertz CT molecular complexity index is 498. The smallest absolute Gasteiger partial charge is 0.420 e. The van der Waals surface area contributed by atoms with E-state index >= 15 is 0 Å². The third kappa shape index (κ3) is 3.38. The van der Waals surface area contributed by atoms with Crippen molar-refractivity contribution in [2.45, 2.75) is 25.1 Å². The van der Waals surface area contributed by atoms with Crippen molar-refractivity contribution in [2.24, 2.45) is 0 Å². The average Bonchev–Trinajstić information content (AvgIpc) is 2.39. The van der Waals surface area contributed by atoms with Crippen LogP contribution in [0.2, 0.25) is 0 Å². The minimum absolute atomic E-state index is 0.369. The maximum Gasteiger partial charge on any atom is 0.420 e. The maximum absolute atomic E-state index is 12.9. The van der Waals surface area contributed by atoms with Gasteiger partial charge in [-0.15, -0.1) is 0 Å². The number of nitrogens with zero attached hydrogens (tertiary/aromatic N) is 1. The first-order chi connectivity index (χ1) is 9.38. The van der Waals surface area contributed by atoms with Crippen LogP contribution in [0, 0.1) is 10.1 Å². The summed E-state index contributed by atoms with van der Waals surface area (Å²) in [6, 6.07) is 2.50. The minimum atomic E-state index is -4.70. The summed E-state index contributed by atoms with van der Waals surface area (Å²) in [5.74, 6) is -0.380. The van der Waals surface area contributed by atoms with E-state index in [-0.39, 0.29) is 11.9 Å². The third-order valence-corrected chi connectivity index (χ3v) is 2.94. The van der Waals surface area contributed by atoms with Crippen LogP contribution in [0.3, 0.4) is 0 Å². The number of hydrogen-bond donors (Lipinski definition) is 0. The predicted molar refractivity (Wildman–Crippen MR) is 62.6 cm³/mol. The Morgan fingerprint density at radius 3 is 2.50 bits per heavy atom. The van der Waals surface area contributed by atoms with Gasteiger partial charge in [0.05, 0.1) is 18.1 Å². The zero-order valence-corrected chi connectivity index (χ0v) is 10.4. The number of alkyl halides is 3. The first kappa shape index (κ1) is 14.6. The lowest BCUT2D eigenvalue weighted by Gasteiger charge is -2.24. The van der Waals surface area contributed by atoms with E-state index in [4.69, 9.17) is 9.47 Å². The Morgan fingerprint density at radius 1 is 1.30 bits per heavy atom. The third-order valence-electron chi connectivity index (χ3n) is 2.94. The van der Waals surface area contributed by atoms with Crippen LogP contribution in [0.1, 0.15) is 18.4 Å². The zero-order valence-electron chi connectivity index (χ0n) is 10.4. The minimum Gasteiger partial charge on any atom is -0.490 e. The highest BCUT2D eigenvalue weighted by Crippen LogP contribution is 2.39. The molecule has 1 aliphatic heterocycles. The van der Waals surface area contributed by atoms with Crippen molar-refractivity contribution < 1.29 is 27.6 Å². The summed E-state index contributed by atoms with van der Waals surface area (Å²) in [5.41, 5.74) is -1.74. The van der Waals surface area contributed by atoms with Gasteiger partial charge in [-0.1, -0.05) is 0 Å². The zero-order chi connectivity index (χ0) is 14.8. The quantitative estimate of drug-likeness (QED) is 0.634. The molecule has 0 atom stereocenters. The Morgan fingerprint density at radius 2 is 1.95 bits per heavy atom. The second-order valence-electron chi connectivity index (χ2n) is 4.36. The summed E-state index contributed by atoms with van der Waals surface area (Å²) in [5, 5.41) is 10.6. The molecule has 1 saturated heterocycles. The van der Waals surface area contributed by atoms with Crippen molar-refractivity contribution in [1.29, 1.82) is 0 Å². The Hall–Kier alpha value is -1.83. The fraction of sp³-hybridized carbons (Fsp3) is 0.500. The van der Waals surface area contributed by atoms with Gasteiger partial charge in [0.15, 0.2) is 0 Å². The van der Waals surface area contributed by atoms with Gasteiger partial charge in [-0.2, -0.15) is 13.2 Å². The summed E-state index contributed by atoms with van der Waals surface area (Å²) in [6.45, 7) is 0.859. The molecular weight excluding hydrogens is 279 g/mol. The van der Waals surface area contributed by atoms with E-state index in [1.165, 1.54) is 0 Å². The molecule has 0 radical (unpaired) electrons. The molecule has 5 nitrogen and oxygen atoms in total. The molecule has 1 aromatic rings. The number of ether oxygens (including phenoxy) is 2. The number of benzene rings is 1. The van der Waals surface area contributed by atoms with Gasteiger partial charge in [-0.25, -0.2) is 0 Å². The molecule has 8 heteroatoms. The largest absolute Gasteiger partial charge is 0.490 e. The summed E-state index contributed by atoms with van der Waals surface area (Å²) < 4.78 is 49.2. The molecule has 0 bridgehead atoms. The normalized spacial score (nSPS) is 16.9. The molecule has 1 fully saturated rings. The van der Waals surface area contributed by atoms with Gasteiger partial charge in [0, 0.05) is 25.0 Å². The molecule has 2 rings (SSSR count). The van der Waals surface area contributed by atoms with E-state index in [0.29, 0.717) is 32.1 Å². The molecule has 0 saturated carbocycles. The number of rotatable bonds is 3. The van der Waals surface area contributed by atoms with E-state index < -0.39 is 22.4 Å². The molecule has 20 heavy (non-hydrogen) atoms. The van der Waals surface area contributed by atoms with Crippen LogP contribution in [0.5, 0.6) is 5.75 Å². The van der Waals surface area contributed by atoms with E-state index in [1.807, 2.05) is 0 Å². The number of halogens is 3. The molecule has 0 amide bonds.